The Morgan fingerprint density at radius 3 is 2.38 bits per heavy atom. The van der Waals surface area contributed by atoms with E-state index < -0.39 is 0 Å². The Morgan fingerprint density at radius 2 is 1.71 bits per heavy atom. The van der Waals surface area contributed by atoms with Gasteiger partial charge in [-0.2, -0.15) is 0 Å². The molecule has 2 fully saturated rings. The zero-order chi connectivity index (χ0) is 15.1. The summed E-state index contributed by atoms with van der Waals surface area (Å²) in [6.07, 6.45) is 5.62. The fraction of sp³-hybridized carbons (Fsp3) is 0.867. The zero-order valence-electron chi connectivity index (χ0n) is 12.8. The van der Waals surface area contributed by atoms with E-state index in [0.717, 1.165) is 51.9 Å². The molecule has 2 rings (SSSR count). The molecule has 0 spiro atoms. The first-order valence-corrected chi connectivity index (χ1v) is 8.06. The summed E-state index contributed by atoms with van der Waals surface area (Å²) < 4.78 is 5.09. The van der Waals surface area contributed by atoms with Crippen molar-refractivity contribution in [2.45, 2.75) is 44.6 Å². The van der Waals surface area contributed by atoms with Crippen molar-refractivity contribution in [2.24, 2.45) is 5.73 Å². The fourth-order valence-electron chi connectivity index (χ4n) is 2.87. The first-order valence-electron chi connectivity index (χ1n) is 8.06. The van der Waals surface area contributed by atoms with E-state index in [1.165, 1.54) is 6.42 Å². The van der Waals surface area contributed by atoms with Crippen molar-refractivity contribution < 1.29 is 14.3 Å². The highest BCUT2D eigenvalue weighted by Gasteiger charge is 2.19. The quantitative estimate of drug-likeness (QED) is 0.741. The van der Waals surface area contributed by atoms with Crippen LogP contribution in [0.5, 0.6) is 0 Å². The molecule has 2 aliphatic heterocycles. The molecule has 0 atom stereocenters. The monoisotopic (exact) mass is 297 g/mol. The van der Waals surface area contributed by atoms with Crippen LogP contribution in [0.3, 0.4) is 0 Å². The molecule has 0 unspecified atom stereocenters. The van der Waals surface area contributed by atoms with Crippen LogP contribution in [-0.4, -0.2) is 67.0 Å². The number of nitrogens with zero attached hydrogens (tertiary/aromatic N) is 2. The van der Waals surface area contributed by atoms with Gasteiger partial charge in [0.15, 0.2) is 6.61 Å². The third-order valence-electron chi connectivity index (χ3n) is 4.33. The Kier molecular flexibility index (Phi) is 6.45. The summed E-state index contributed by atoms with van der Waals surface area (Å²) in [4.78, 5) is 27.6. The van der Waals surface area contributed by atoms with Crippen LogP contribution in [0, 0.1) is 0 Å². The number of esters is 1. The van der Waals surface area contributed by atoms with Gasteiger partial charge in [-0.15, -0.1) is 0 Å². The molecular weight excluding hydrogens is 270 g/mol. The zero-order valence-corrected chi connectivity index (χ0v) is 12.8. The largest absolute Gasteiger partial charge is 0.456 e. The number of rotatable bonds is 5. The van der Waals surface area contributed by atoms with Gasteiger partial charge in [-0.05, 0) is 45.2 Å². The van der Waals surface area contributed by atoms with Gasteiger partial charge in [0.25, 0.3) is 5.91 Å². The normalized spacial score (nSPS) is 21.3. The van der Waals surface area contributed by atoms with E-state index >= 15 is 0 Å². The lowest BCUT2D eigenvalue weighted by Crippen LogP contribution is -2.41. The number of likely N-dealkylation sites (tertiary alicyclic amines) is 2. The van der Waals surface area contributed by atoms with E-state index in [0.29, 0.717) is 19.0 Å². The predicted octanol–water partition coefficient (Wildman–Crippen LogP) is 0.355. The highest BCUT2D eigenvalue weighted by molar-refractivity contribution is 5.80. The number of hydrogen-bond donors (Lipinski definition) is 1. The Bertz CT molecular complexity index is 348. The number of piperidine rings is 2. The van der Waals surface area contributed by atoms with Gasteiger partial charge in [0.05, 0.1) is 6.42 Å². The minimum Gasteiger partial charge on any atom is -0.456 e. The maximum atomic E-state index is 11.9. The Morgan fingerprint density at radius 1 is 1.05 bits per heavy atom. The van der Waals surface area contributed by atoms with E-state index in [9.17, 15) is 9.59 Å². The molecule has 2 aliphatic rings. The molecule has 2 N–H and O–H groups in total. The minimum absolute atomic E-state index is 0.0630. The van der Waals surface area contributed by atoms with Crippen molar-refractivity contribution in [3.63, 3.8) is 0 Å². The van der Waals surface area contributed by atoms with E-state index in [4.69, 9.17) is 10.5 Å². The van der Waals surface area contributed by atoms with Gasteiger partial charge in [0, 0.05) is 25.7 Å². The second kappa shape index (κ2) is 8.34. The van der Waals surface area contributed by atoms with E-state index in [1.807, 2.05) is 0 Å². The molecule has 0 aromatic carbocycles. The van der Waals surface area contributed by atoms with Crippen LogP contribution < -0.4 is 5.73 Å². The summed E-state index contributed by atoms with van der Waals surface area (Å²) in [5.41, 5.74) is 5.84. The number of hydrogen-bond acceptors (Lipinski definition) is 5. The van der Waals surface area contributed by atoms with Gasteiger partial charge in [-0.25, -0.2) is 0 Å². The molecular formula is C15H27N3O3. The van der Waals surface area contributed by atoms with Crippen molar-refractivity contribution in [3.05, 3.63) is 0 Å². The predicted molar refractivity (Wildman–Crippen MR) is 79.7 cm³/mol. The number of ether oxygens (including phenoxy) is 1. The highest BCUT2D eigenvalue weighted by Crippen LogP contribution is 2.10. The lowest BCUT2D eigenvalue weighted by Gasteiger charge is -2.29. The first kappa shape index (κ1) is 16.2. The summed E-state index contributed by atoms with van der Waals surface area (Å²) in [5, 5.41) is 0. The van der Waals surface area contributed by atoms with Gasteiger partial charge < -0.3 is 20.3 Å². The van der Waals surface area contributed by atoms with Crippen LogP contribution in [0.2, 0.25) is 0 Å². The molecule has 6 heteroatoms. The smallest absolute Gasteiger partial charge is 0.307 e. The molecule has 0 aliphatic carbocycles. The van der Waals surface area contributed by atoms with Crippen molar-refractivity contribution in [1.82, 2.24) is 9.80 Å². The second-order valence-electron chi connectivity index (χ2n) is 6.03. The molecule has 2 heterocycles. The SMILES string of the molecule is NC1CCN(CCC(=O)OCC(=O)N2CCCCC2)CC1. The Labute approximate surface area is 126 Å². The summed E-state index contributed by atoms with van der Waals surface area (Å²) in [7, 11) is 0. The van der Waals surface area contributed by atoms with Gasteiger partial charge in [-0.1, -0.05) is 0 Å². The molecule has 0 aromatic rings. The molecule has 0 aromatic heterocycles. The average molecular weight is 297 g/mol. The molecule has 2 saturated heterocycles. The second-order valence-corrected chi connectivity index (χ2v) is 6.03. The van der Waals surface area contributed by atoms with E-state index in [1.54, 1.807) is 4.90 Å². The van der Waals surface area contributed by atoms with Crippen LogP contribution in [0.1, 0.15) is 38.5 Å². The summed E-state index contributed by atoms with van der Waals surface area (Å²) in [6, 6.07) is 0.301. The molecule has 21 heavy (non-hydrogen) atoms. The minimum atomic E-state index is -0.282. The first-order chi connectivity index (χ1) is 10.1. The van der Waals surface area contributed by atoms with Crippen LogP contribution in [-0.2, 0) is 14.3 Å². The van der Waals surface area contributed by atoms with E-state index in [2.05, 4.69) is 4.90 Å². The number of nitrogens with two attached hydrogens (primary N) is 1. The lowest BCUT2D eigenvalue weighted by molar-refractivity contribution is -0.152. The molecule has 0 bridgehead atoms. The Balaban J connectivity index is 1.57. The standard InChI is InChI=1S/C15H27N3O3/c16-13-4-9-17(10-5-13)11-6-15(20)21-12-14(19)18-7-2-1-3-8-18/h13H,1-12,16H2. The number of carbonyl (C=O) groups is 2. The van der Waals surface area contributed by atoms with Crippen molar-refractivity contribution in [2.75, 3.05) is 39.3 Å². The lowest BCUT2D eigenvalue weighted by atomic mass is 10.1. The highest BCUT2D eigenvalue weighted by atomic mass is 16.5. The third-order valence-corrected chi connectivity index (χ3v) is 4.33. The van der Waals surface area contributed by atoms with Gasteiger partial charge in [0.2, 0.25) is 0 Å². The molecule has 0 radical (unpaired) electrons. The summed E-state index contributed by atoms with van der Waals surface area (Å²) in [6.45, 7) is 4.07. The van der Waals surface area contributed by atoms with E-state index in [-0.39, 0.29) is 18.5 Å². The van der Waals surface area contributed by atoms with Gasteiger partial charge >= 0.3 is 5.97 Å². The number of amides is 1. The molecule has 0 saturated carbocycles. The maximum absolute atomic E-state index is 11.9. The summed E-state index contributed by atoms with van der Waals surface area (Å²) >= 11 is 0. The van der Waals surface area contributed by atoms with Crippen LogP contribution >= 0.6 is 0 Å². The molecule has 1 amide bonds. The average Bonchev–Trinajstić information content (AvgIpc) is 2.53. The van der Waals surface area contributed by atoms with Gasteiger partial charge in [0.1, 0.15) is 0 Å². The van der Waals surface area contributed by atoms with Crippen molar-refractivity contribution in [1.29, 1.82) is 0 Å². The maximum Gasteiger partial charge on any atom is 0.307 e. The van der Waals surface area contributed by atoms with Gasteiger partial charge in [-0.3, -0.25) is 9.59 Å². The summed E-state index contributed by atoms with van der Waals surface area (Å²) in [5.74, 6) is -0.345. The van der Waals surface area contributed by atoms with Crippen molar-refractivity contribution >= 4 is 11.9 Å². The number of carbonyl (C=O) groups excluding carboxylic acids is 2. The molecule has 120 valence electrons. The topological polar surface area (TPSA) is 75.9 Å². The fourth-order valence-corrected chi connectivity index (χ4v) is 2.87. The van der Waals surface area contributed by atoms with Crippen LogP contribution in [0.25, 0.3) is 0 Å². The van der Waals surface area contributed by atoms with Crippen LogP contribution in [0.15, 0.2) is 0 Å². The van der Waals surface area contributed by atoms with Crippen LogP contribution in [0.4, 0.5) is 0 Å². The third kappa shape index (κ3) is 5.63. The Hall–Kier alpha value is -1.14. The van der Waals surface area contributed by atoms with Crippen molar-refractivity contribution in [3.8, 4) is 0 Å². The molecule has 6 nitrogen and oxygen atoms in total.